The first kappa shape index (κ1) is 12.5. The van der Waals surface area contributed by atoms with Gasteiger partial charge >= 0.3 is 0 Å². The summed E-state index contributed by atoms with van der Waals surface area (Å²) in [6.07, 6.45) is 2.46. The molecule has 1 aromatic carbocycles. The Hall–Kier alpha value is -2.21. The maximum Gasteiger partial charge on any atom is 0.181 e. The lowest BCUT2D eigenvalue weighted by Gasteiger charge is -2.04. The number of anilines is 1. The molecule has 2 heterocycles. The molecular formula is C15H15N5S. The fourth-order valence-electron chi connectivity index (χ4n) is 2.20. The minimum absolute atomic E-state index is 0.602. The minimum atomic E-state index is 0.602. The van der Waals surface area contributed by atoms with Crippen LogP contribution < -0.4 is 5.32 Å². The van der Waals surface area contributed by atoms with Gasteiger partial charge < -0.3 is 5.32 Å². The molecule has 0 spiro atoms. The van der Waals surface area contributed by atoms with Gasteiger partial charge in [-0.2, -0.15) is 5.10 Å². The summed E-state index contributed by atoms with van der Waals surface area (Å²) in [5.74, 6) is 2.41. The van der Waals surface area contributed by atoms with Crippen molar-refractivity contribution in [2.24, 2.45) is 0 Å². The largest absolute Gasteiger partial charge is 0.379 e. The summed E-state index contributed by atoms with van der Waals surface area (Å²) in [5, 5.41) is 12.7. The van der Waals surface area contributed by atoms with Gasteiger partial charge in [0.15, 0.2) is 5.82 Å². The quantitative estimate of drug-likeness (QED) is 0.757. The molecule has 1 aliphatic carbocycles. The molecule has 2 aromatic heterocycles. The van der Waals surface area contributed by atoms with Gasteiger partial charge in [-0.05, 0) is 37.1 Å². The van der Waals surface area contributed by atoms with Crippen LogP contribution in [0.2, 0.25) is 0 Å². The lowest BCUT2D eigenvalue weighted by Crippen LogP contribution is -1.99. The Bertz CT molecular complexity index is 713. The van der Waals surface area contributed by atoms with Crippen molar-refractivity contribution in [2.45, 2.75) is 25.3 Å². The molecule has 5 nitrogen and oxygen atoms in total. The van der Waals surface area contributed by atoms with Gasteiger partial charge in [0.05, 0.1) is 17.7 Å². The summed E-state index contributed by atoms with van der Waals surface area (Å²) in [4.78, 5) is 8.82. The Labute approximate surface area is 126 Å². The number of hydrogen-bond acceptors (Lipinski definition) is 5. The molecule has 0 saturated heterocycles. The molecule has 21 heavy (non-hydrogen) atoms. The lowest BCUT2D eigenvalue weighted by molar-refractivity contribution is 0.935. The van der Waals surface area contributed by atoms with Crippen molar-refractivity contribution < 1.29 is 0 Å². The van der Waals surface area contributed by atoms with E-state index in [-0.39, 0.29) is 0 Å². The Morgan fingerprint density at radius 3 is 2.81 bits per heavy atom. The standard InChI is InChI=1S/C15H15N5S/c1-2-10(1)14-18-15(20-19-14)11-3-5-12(6-4-11)16-7-13-8-21-9-17-13/h3-6,8-10,16H,1-2,7H2,(H,18,19,20). The lowest BCUT2D eigenvalue weighted by atomic mass is 10.2. The van der Waals surface area contributed by atoms with Crippen LogP contribution in [0.1, 0.15) is 30.3 Å². The number of thiazole rings is 1. The topological polar surface area (TPSA) is 66.5 Å². The summed E-state index contributed by atoms with van der Waals surface area (Å²) in [6, 6.07) is 8.19. The highest BCUT2D eigenvalue weighted by Crippen LogP contribution is 2.38. The summed E-state index contributed by atoms with van der Waals surface area (Å²) >= 11 is 1.61. The van der Waals surface area contributed by atoms with Crippen molar-refractivity contribution in [1.82, 2.24) is 20.2 Å². The van der Waals surface area contributed by atoms with Crippen LogP contribution >= 0.6 is 11.3 Å². The SMILES string of the molecule is c1nc(CNc2ccc(-c3n[nH]c(C4CC4)n3)cc2)cs1. The van der Waals surface area contributed by atoms with E-state index in [4.69, 9.17) is 0 Å². The number of aromatic amines is 1. The van der Waals surface area contributed by atoms with Crippen LogP contribution in [0.4, 0.5) is 5.69 Å². The van der Waals surface area contributed by atoms with E-state index in [2.05, 4.69) is 43.0 Å². The zero-order chi connectivity index (χ0) is 14.1. The second-order valence-electron chi connectivity index (χ2n) is 5.23. The number of nitrogens with one attached hydrogen (secondary N) is 2. The van der Waals surface area contributed by atoms with Gasteiger partial charge in [-0.25, -0.2) is 9.97 Å². The maximum absolute atomic E-state index is 4.56. The summed E-state index contributed by atoms with van der Waals surface area (Å²) < 4.78 is 0. The van der Waals surface area contributed by atoms with Gasteiger partial charge in [0, 0.05) is 22.5 Å². The Morgan fingerprint density at radius 2 is 2.10 bits per heavy atom. The first-order chi connectivity index (χ1) is 10.4. The zero-order valence-corrected chi connectivity index (χ0v) is 12.2. The minimum Gasteiger partial charge on any atom is -0.379 e. The zero-order valence-electron chi connectivity index (χ0n) is 11.4. The first-order valence-corrected chi connectivity index (χ1v) is 7.96. The number of aromatic nitrogens is 4. The monoisotopic (exact) mass is 297 g/mol. The molecule has 0 atom stereocenters. The number of H-pyrrole nitrogens is 1. The van der Waals surface area contributed by atoms with E-state index in [0.717, 1.165) is 35.1 Å². The molecule has 3 aromatic rings. The van der Waals surface area contributed by atoms with Crippen molar-refractivity contribution in [3.63, 3.8) is 0 Å². The van der Waals surface area contributed by atoms with Gasteiger partial charge in [0.1, 0.15) is 5.82 Å². The predicted molar refractivity (Wildman–Crippen MR) is 83.2 cm³/mol. The van der Waals surface area contributed by atoms with E-state index in [1.807, 2.05) is 17.6 Å². The van der Waals surface area contributed by atoms with E-state index in [0.29, 0.717) is 5.92 Å². The molecule has 1 saturated carbocycles. The predicted octanol–water partition coefficient (Wildman–Crippen LogP) is 3.42. The molecule has 6 heteroatoms. The van der Waals surface area contributed by atoms with Crippen LogP contribution in [-0.2, 0) is 6.54 Å². The molecular weight excluding hydrogens is 282 g/mol. The molecule has 1 aliphatic rings. The van der Waals surface area contributed by atoms with Crippen LogP contribution in [0.15, 0.2) is 35.2 Å². The Balaban J connectivity index is 1.44. The second-order valence-corrected chi connectivity index (χ2v) is 5.95. The van der Waals surface area contributed by atoms with Gasteiger partial charge in [-0.3, -0.25) is 5.10 Å². The number of hydrogen-bond donors (Lipinski definition) is 2. The van der Waals surface area contributed by atoms with Crippen molar-refractivity contribution in [1.29, 1.82) is 0 Å². The summed E-state index contributed by atoms with van der Waals surface area (Å²) in [7, 11) is 0. The van der Waals surface area contributed by atoms with Crippen molar-refractivity contribution in [3.05, 3.63) is 46.7 Å². The van der Waals surface area contributed by atoms with E-state index in [9.17, 15) is 0 Å². The third kappa shape index (κ3) is 2.80. The van der Waals surface area contributed by atoms with Gasteiger partial charge in [-0.15, -0.1) is 11.3 Å². The van der Waals surface area contributed by atoms with E-state index in [1.54, 1.807) is 11.3 Å². The average Bonchev–Trinajstić information content (AvgIpc) is 3.04. The van der Waals surface area contributed by atoms with Crippen molar-refractivity contribution >= 4 is 17.0 Å². The molecule has 0 aliphatic heterocycles. The van der Waals surface area contributed by atoms with Crippen molar-refractivity contribution in [2.75, 3.05) is 5.32 Å². The molecule has 0 unspecified atom stereocenters. The third-order valence-corrected chi connectivity index (χ3v) is 4.20. The number of benzene rings is 1. The molecule has 106 valence electrons. The van der Waals surface area contributed by atoms with E-state index >= 15 is 0 Å². The Morgan fingerprint density at radius 1 is 1.24 bits per heavy atom. The van der Waals surface area contributed by atoms with Gasteiger partial charge in [0.25, 0.3) is 0 Å². The second kappa shape index (κ2) is 5.29. The average molecular weight is 297 g/mol. The third-order valence-electron chi connectivity index (χ3n) is 3.57. The van der Waals surface area contributed by atoms with Crippen LogP contribution in [0.3, 0.4) is 0 Å². The highest BCUT2D eigenvalue weighted by atomic mass is 32.1. The molecule has 4 rings (SSSR count). The highest BCUT2D eigenvalue weighted by Gasteiger charge is 2.27. The van der Waals surface area contributed by atoms with E-state index < -0.39 is 0 Å². The highest BCUT2D eigenvalue weighted by molar-refractivity contribution is 7.07. The van der Waals surface area contributed by atoms with Crippen LogP contribution in [0.25, 0.3) is 11.4 Å². The smallest absolute Gasteiger partial charge is 0.181 e. The molecule has 1 fully saturated rings. The number of nitrogens with zero attached hydrogens (tertiary/aromatic N) is 3. The molecule has 0 bridgehead atoms. The first-order valence-electron chi connectivity index (χ1n) is 7.02. The fourth-order valence-corrected chi connectivity index (χ4v) is 2.76. The van der Waals surface area contributed by atoms with E-state index in [1.165, 1.54) is 12.8 Å². The van der Waals surface area contributed by atoms with Crippen LogP contribution in [-0.4, -0.2) is 20.2 Å². The van der Waals surface area contributed by atoms with Crippen molar-refractivity contribution in [3.8, 4) is 11.4 Å². The Kier molecular flexibility index (Phi) is 3.16. The normalized spacial score (nSPS) is 14.3. The molecule has 2 N–H and O–H groups in total. The van der Waals surface area contributed by atoms with Crippen LogP contribution in [0, 0.1) is 0 Å². The fraction of sp³-hybridized carbons (Fsp3) is 0.267. The van der Waals surface area contributed by atoms with Gasteiger partial charge in [-0.1, -0.05) is 0 Å². The molecule has 0 amide bonds. The summed E-state index contributed by atoms with van der Waals surface area (Å²) in [6.45, 7) is 0.745. The number of rotatable bonds is 5. The maximum atomic E-state index is 4.56. The molecule has 0 radical (unpaired) electrons. The summed E-state index contributed by atoms with van der Waals surface area (Å²) in [5.41, 5.74) is 5.02. The van der Waals surface area contributed by atoms with Crippen LogP contribution in [0.5, 0.6) is 0 Å². The van der Waals surface area contributed by atoms with Gasteiger partial charge in [0.2, 0.25) is 0 Å².